The van der Waals surface area contributed by atoms with E-state index in [1.807, 2.05) is 0 Å². The van der Waals surface area contributed by atoms with Gasteiger partial charge in [0.1, 0.15) is 4.90 Å². The van der Waals surface area contributed by atoms with Crippen LogP contribution in [0.25, 0.3) is 0 Å². The molecule has 0 radical (unpaired) electrons. The Labute approximate surface area is 148 Å². The normalized spacial score (nSPS) is 11.8. The molecule has 0 aliphatic rings. The Morgan fingerprint density at radius 3 is 2.24 bits per heavy atom. The number of carbonyl (C=O) groups excluding carboxylic acids is 1. The Bertz CT molecular complexity index is 843. The number of hydrogen-bond donors (Lipinski definition) is 2. The van der Waals surface area contributed by atoms with Crippen LogP contribution in [0.15, 0.2) is 59.5 Å². The number of para-hydroxylation sites is 1. The first-order valence-corrected chi connectivity index (χ1v) is 9.27. The zero-order valence-electron chi connectivity index (χ0n) is 14.6. The summed E-state index contributed by atoms with van der Waals surface area (Å²) in [6.45, 7) is 3.78. The minimum Gasteiger partial charge on any atom is -0.350 e. The molecule has 0 bridgehead atoms. The molecule has 0 aliphatic heterocycles. The van der Waals surface area contributed by atoms with E-state index in [1.165, 1.54) is 19.2 Å². The van der Waals surface area contributed by atoms with Gasteiger partial charge < -0.3 is 11.1 Å². The van der Waals surface area contributed by atoms with Gasteiger partial charge in [0, 0.05) is 19.1 Å². The summed E-state index contributed by atoms with van der Waals surface area (Å²) in [6.07, 6.45) is 0. The van der Waals surface area contributed by atoms with Gasteiger partial charge in [-0.1, -0.05) is 30.3 Å². The van der Waals surface area contributed by atoms with Gasteiger partial charge in [0.2, 0.25) is 0 Å². The summed E-state index contributed by atoms with van der Waals surface area (Å²) in [5.74, 6) is -0.473. The fourth-order valence-electron chi connectivity index (χ4n) is 2.21. The molecule has 2 aromatic rings. The van der Waals surface area contributed by atoms with Gasteiger partial charge >= 0.3 is 0 Å². The molecule has 0 unspecified atom stereocenters. The molecule has 0 saturated carbocycles. The lowest BCUT2D eigenvalue weighted by Gasteiger charge is -2.22. The fraction of sp³-hybridized carbons (Fsp3) is 0.278. The summed E-state index contributed by atoms with van der Waals surface area (Å²) < 4.78 is 27.1. The lowest BCUT2D eigenvalue weighted by Crippen LogP contribution is -2.45. The van der Waals surface area contributed by atoms with Gasteiger partial charge in [0.05, 0.1) is 11.3 Å². The predicted octanol–water partition coefficient (Wildman–Crippen LogP) is 1.98. The van der Waals surface area contributed by atoms with Crippen LogP contribution in [0.3, 0.4) is 0 Å². The first-order valence-electron chi connectivity index (χ1n) is 7.83. The van der Waals surface area contributed by atoms with E-state index in [4.69, 9.17) is 5.73 Å². The number of amides is 1. The number of carbonyl (C=O) groups is 1. The topological polar surface area (TPSA) is 92.5 Å². The highest BCUT2D eigenvalue weighted by Gasteiger charge is 2.27. The third-order valence-corrected chi connectivity index (χ3v) is 5.44. The fourth-order valence-corrected chi connectivity index (χ4v) is 3.59. The molecular weight excluding hydrogens is 338 g/mol. The van der Waals surface area contributed by atoms with Crippen LogP contribution in [0.1, 0.15) is 24.2 Å². The van der Waals surface area contributed by atoms with Crippen molar-refractivity contribution in [2.75, 3.05) is 17.9 Å². The van der Waals surface area contributed by atoms with Crippen molar-refractivity contribution >= 4 is 21.6 Å². The van der Waals surface area contributed by atoms with Crippen LogP contribution in [-0.2, 0) is 10.0 Å². The second kappa shape index (κ2) is 7.25. The van der Waals surface area contributed by atoms with Gasteiger partial charge in [-0.25, -0.2) is 8.42 Å². The Morgan fingerprint density at radius 1 is 1.08 bits per heavy atom. The van der Waals surface area contributed by atoms with E-state index in [0.29, 0.717) is 5.69 Å². The Balaban J connectivity index is 2.38. The lowest BCUT2D eigenvalue weighted by atomic mass is 10.1. The molecule has 0 aliphatic carbocycles. The third-order valence-electron chi connectivity index (χ3n) is 3.59. The van der Waals surface area contributed by atoms with Crippen LogP contribution in [0.5, 0.6) is 0 Å². The highest BCUT2D eigenvalue weighted by Crippen LogP contribution is 2.24. The molecule has 134 valence electrons. The highest BCUT2D eigenvalue weighted by atomic mass is 32.2. The summed E-state index contributed by atoms with van der Waals surface area (Å²) in [4.78, 5) is 12.4. The van der Waals surface area contributed by atoms with Crippen molar-refractivity contribution < 1.29 is 13.2 Å². The molecule has 2 rings (SSSR count). The zero-order chi connectivity index (χ0) is 18.7. The third kappa shape index (κ3) is 4.58. The van der Waals surface area contributed by atoms with Crippen LogP contribution in [0.4, 0.5) is 5.69 Å². The van der Waals surface area contributed by atoms with E-state index in [9.17, 15) is 13.2 Å². The number of benzene rings is 2. The van der Waals surface area contributed by atoms with Crippen LogP contribution in [-0.4, -0.2) is 33.5 Å². The van der Waals surface area contributed by atoms with Crippen LogP contribution in [0.2, 0.25) is 0 Å². The molecule has 25 heavy (non-hydrogen) atoms. The van der Waals surface area contributed by atoms with Crippen LogP contribution >= 0.6 is 0 Å². The van der Waals surface area contributed by atoms with Gasteiger partial charge in [0.25, 0.3) is 15.9 Å². The smallest absolute Gasteiger partial charge is 0.264 e. The zero-order valence-corrected chi connectivity index (χ0v) is 15.4. The van der Waals surface area contributed by atoms with Crippen molar-refractivity contribution in [2.24, 2.45) is 5.73 Å². The molecule has 0 fully saturated rings. The number of nitrogens with zero attached hydrogens (tertiary/aromatic N) is 1. The van der Waals surface area contributed by atoms with E-state index < -0.39 is 21.5 Å². The van der Waals surface area contributed by atoms with Crippen LogP contribution < -0.4 is 15.4 Å². The summed E-state index contributed by atoms with van der Waals surface area (Å²) in [5, 5.41) is 2.68. The van der Waals surface area contributed by atoms with Gasteiger partial charge in [-0.2, -0.15) is 0 Å². The predicted molar refractivity (Wildman–Crippen MR) is 99.1 cm³/mol. The summed E-state index contributed by atoms with van der Waals surface area (Å²) in [6, 6.07) is 14.8. The first-order chi connectivity index (χ1) is 11.6. The van der Waals surface area contributed by atoms with Crippen molar-refractivity contribution in [1.29, 1.82) is 0 Å². The molecule has 0 spiro atoms. The summed E-state index contributed by atoms with van der Waals surface area (Å²) >= 11 is 0. The molecule has 6 nitrogen and oxygen atoms in total. The number of nitrogens with two attached hydrogens (primary N) is 1. The Kier molecular flexibility index (Phi) is 5.49. The maximum absolute atomic E-state index is 13.0. The van der Waals surface area contributed by atoms with Crippen molar-refractivity contribution in [3.63, 3.8) is 0 Å². The molecule has 0 aromatic heterocycles. The average Bonchev–Trinajstić information content (AvgIpc) is 2.59. The van der Waals surface area contributed by atoms with Crippen LogP contribution in [0, 0.1) is 0 Å². The van der Waals surface area contributed by atoms with E-state index in [0.717, 1.165) is 4.31 Å². The average molecular weight is 361 g/mol. The van der Waals surface area contributed by atoms with E-state index in [1.54, 1.807) is 56.3 Å². The van der Waals surface area contributed by atoms with Gasteiger partial charge in [-0.15, -0.1) is 0 Å². The van der Waals surface area contributed by atoms with E-state index in [2.05, 4.69) is 5.32 Å². The van der Waals surface area contributed by atoms with E-state index >= 15 is 0 Å². The van der Waals surface area contributed by atoms with Crippen molar-refractivity contribution in [3.05, 3.63) is 60.2 Å². The number of nitrogens with one attached hydrogen (secondary N) is 1. The molecular formula is C18H23N3O3S. The number of anilines is 1. The SMILES string of the molecule is CN(c1ccccc1)S(=O)(=O)c1ccccc1C(=O)NCC(C)(C)N. The first kappa shape index (κ1) is 19.0. The molecule has 0 heterocycles. The number of rotatable bonds is 6. The minimum absolute atomic E-state index is 0.0475. The van der Waals surface area contributed by atoms with Gasteiger partial charge in [-0.3, -0.25) is 9.10 Å². The maximum atomic E-state index is 13.0. The molecule has 1 amide bonds. The largest absolute Gasteiger partial charge is 0.350 e. The standard InChI is InChI=1S/C18H23N3O3S/c1-18(2,19)13-20-17(22)15-11-7-8-12-16(15)25(23,24)21(3)14-9-5-4-6-10-14/h4-12H,13,19H2,1-3H3,(H,20,22). The quantitative estimate of drug-likeness (QED) is 0.823. The molecule has 7 heteroatoms. The highest BCUT2D eigenvalue weighted by molar-refractivity contribution is 7.92. The second-order valence-electron chi connectivity index (χ2n) is 6.48. The number of sulfonamides is 1. The Morgan fingerprint density at radius 2 is 1.64 bits per heavy atom. The molecule has 0 saturated heterocycles. The Hall–Kier alpha value is -2.38. The number of hydrogen-bond acceptors (Lipinski definition) is 4. The summed E-state index contributed by atoms with van der Waals surface area (Å²) in [7, 11) is -2.42. The molecule has 3 N–H and O–H groups in total. The van der Waals surface area contributed by atoms with Crippen molar-refractivity contribution in [3.8, 4) is 0 Å². The minimum atomic E-state index is -3.88. The van der Waals surface area contributed by atoms with Crippen molar-refractivity contribution in [2.45, 2.75) is 24.3 Å². The van der Waals surface area contributed by atoms with Crippen molar-refractivity contribution in [1.82, 2.24) is 5.32 Å². The lowest BCUT2D eigenvalue weighted by molar-refractivity contribution is 0.0942. The second-order valence-corrected chi connectivity index (χ2v) is 8.41. The maximum Gasteiger partial charge on any atom is 0.264 e. The van der Waals surface area contributed by atoms with E-state index in [-0.39, 0.29) is 17.0 Å². The summed E-state index contributed by atoms with van der Waals surface area (Å²) in [5.41, 5.74) is 5.88. The van der Waals surface area contributed by atoms with Gasteiger partial charge in [-0.05, 0) is 38.1 Å². The van der Waals surface area contributed by atoms with Gasteiger partial charge in [0.15, 0.2) is 0 Å². The molecule has 2 aromatic carbocycles. The molecule has 0 atom stereocenters. The monoisotopic (exact) mass is 361 g/mol.